The van der Waals surface area contributed by atoms with Gasteiger partial charge >= 0.3 is 0 Å². The normalized spacial score (nSPS) is 14.3. The van der Waals surface area contributed by atoms with Crippen LogP contribution in [0.4, 0.5) is 5.69 Å². The molecule has 0 radical (unpaired) electrons. The fourth-order valence-electron chi connectivity index (χ4n) is 5.96. The average Bonchev–Trinajstić information content (AvgIpc) is 3.06. The van der Waals surface area contributed by atoms with Crippen LogP contribution in [0.1, 0.15) is 48.8 Å². The topological polar surface area (TPSA) is 86.8 Å². The predicted molar refractivity (Wildman–Crippen MR) is 186 cm³/mol. The van der Waals surface area contributed by atoms with Gasteiger partial charge in [0, 0.05) is 23.5 Å². The second kappa shape index (κ2) is 15.6. The Morgan fingerprint density at radius 3 is 2.15 bits per heavy atom. The quantitative estimate of drug-likeness (QED) is 0.172. The lowest BCUT2D eigenvalue weighted by molar-refractivity contribution is -0.140. The number of amides is 2. The Balaban J connectivity index is 1.56. The smallest absolute Gasteiger partial charge is 0.264 e. The van der Waals surface area contributed by atoms with E-state index in [1.54, 1.807) is 41.3 Å². The van der Waals surface area contributed by atoms with E-state index in [-0.39, 0.29) is 29.8 Å². The molecule has 0 heterocycles. The summed E-state index contributed by atoms with van der Waals surface area (Å²) in [7, 11) is -4.13. The number of halogens is 1. The van der Waals surface area contributed by atoms with E-state index in [2.05, 4.69) is 21.2 Å². The highest BCUT2D eigenvalue weighted by Gasteiger charge is 2.35. The summed E-state index contributed by atoms with van der Waals surface area (Å²) in [6.45, 7) is 1.53. The van der Waals surface area contributed by atoms with Crippen molar-refractivity contribution in [1.29, 1.82) is 0 Å². The number of aryl methyl sites for hydroxylation is 1. The highest BCUT2D eigenvalue weighted by atomic mass is 79.9. The molecule has 0 aromatic heterocycles. The van der Waals surface area contributed by atoms with Crippen molar-refractivity contribution in [3.05, 3.63) is 130 Å². The Hall–Kier alpha value is -3.95. The van der Waals surface area contributed by atoms with Crippen molar-refractivity contribution in [3.63, 3.8) is 0 Å². The fourth-order valence-corrected chi connectivity index (χ4v) is 7.84. The SMILES string of the molecule is Cc1cccc(N(CC(=O)N(Cc2cccc(Br)c2)C(Cc2ccccc2)C(=O)NC2CCCCC2)S(=O)(=O)c2ccccc2)c1. The lowest BCUT2D eigenvalue weighted by Gasteiger charge is -2.35. The summed E-state index contributed by atoms with van der Waals surface area (Å²) in [4.78, 5) is 30.5. The number of nitrogens with one attached hydrogen (secondary N) is 1. The first kappa shape index (κ1) is 33.4. The first-order valence-corrected chi connectivity index (χ1v) is 18.0. The van der Waals surface area contributed by atoms with Gasteiger partial charge in [0.15, 0.2) is 0 Å². The van der Waals surface area contributed by atoms with Crippen molar-refractivity contribution in [2.75, 3.05) is 10.8 Å². The lowest BCUT2D eigenvalue weighted by atomic mass is 9.94. The number of hydrogen-bond donors (Lipinski definition) is 1. The molecule has 1 aliphatic carbocycles. The lowest BCUT2D eigenvalue weighted by Crippen LogP contribution is -2.55. The van der Waals surface area contributed by atoms with Gasteiger partial charge in [0.2, 0.25) is 11.8 Å². The monoisotopic (exact) mass is 701 g/mol. The second-order valence-electron chi connectivity index (χ2n) is 11.9. The summed E-state index contributed by atoms with van der Waals surface area (Å²) in [6, 6.07) is 31.6. The molecule has 4 aromatic carbocycles. The van der Waals surface area contributed by atoms with E-state index in [0.717, 1.165) is 57.6 Å². The summed E-state index contributed by atoms with van der Waals surface area (Å²) in [6.07, 6.45) is 5.35. The van der Waals surface area contributed by atoms with Gasteiger partial charge in [-0.2, -0.15) is 0 Å². The molecule has 1 atom stereocenters. The van der Waals surface area contributed by atoms with E-state index in [1.807, 2.05) is 67.6 Å². The standard InChI is InChI=1S/C37H40BrN3O4S/c1-28-13-11-20-33(23-28)41(46(44,45)34-21-9-4-10-22-34)27-36(42)40(26-30-16-12-17-31(38)24-30)35(25-29-14-5-2-6-15-29)37(43)39-32-18-7-3-8-19-32/h2,4-6,9-17,20-24,32,35H,3,7-8,18-19,25-27H2,1H3,(H,39,43). The van der Waals surface area contributed by atoms with Gasteiger partial charge in [-0.15, -0.1) is 0 Å². The van der Waals surface area contributed by atoms with Crippen LogP contribution in [0.2, 0.25) is 0 Å². The van der Waals surface area contributed by atoms with Crippen LogP contribution in [-0.4, -0.2) is 43.8 Å². The molecule has 9 heteroatoms. The largest absolute Gasteiger partial charge is 0.352 e. The molecule has 0 aliphatic heterocycles. The van der Waals surface area contributed by atoms with Crippen LogP contribution < -0.4 is 9.62 Å². The van der Waals surface area contributed by atoms with E-state index in [0.29, 0.717) is 5.69 Å². The van der Waals surface area contributed by atoms with Crippen LogP contribution in [0.15, 0.2) is 119 Å². The molecule has 1 fully saturated rings. The minimum Gasteiger partial charge on any atom is -0.352 e. The summed E-state index contributed by atoms with van der Waals surface area (Å²) >= 11 is 3.53. The number of rotatable bonds is 12. The van der Waals surface area contributed by atoms with Crippen molar-refractivity contribution in [3.8, 4) is 0 Å². The number of carbonyl (C=O) groups is 2. The molecule has 5 rings (SSSR count). The Morgan fingerprint density at radius 1 is 0.826 bits per heavy atom. The summed E-state index contributed by atoms with van der Waals surface area (Å²) in [5, 5.41) is 3.25. The maximum absolute atomic E-state index is 14.6. The number of carbonyl (C=O) groups excluding carboxylic acids is 2. The average molecular weight is 703 g/mol. The molecule has 0 bridgehead atoms. The van der Waals surface area contributed by atoms with Crippen LogP contribution in [0.5, 0.6) is 0 Å². The van der Waals surface area contributed by atoms with Gasteiger partial charge < -0.3 is 10.2 Å². The van der Waals surface area contributed by atoms with Crippen LogP contribution in [0, 0.1) is 6.92 Å². The Labute approximate surface area is 280 Å². The molecule has 1 aliphatic rings. The van der Waals surface area contributed by atoms with Gasteiger partial charge in [0.25, 0.3) is 10.0 Å². The number of sulfonamides is 1. The highest BCUT2D eigenvalue weighted by molar-refractivity contribution is 9.10. The minimum absolute atomic E-state index is 0.0459. The molecule has 1 unspecified atom stereocenters. The zero-order valence-electron chi connectivity index (χ0n) is 26.0. The Bertz CT molecular complexity index is 1730. The third-order valence-electron chi connectivity index (χ3n) is 8.36. The van der Waals surface area contributed by atoms with Crippen LogP contribution >= 0.6 is 15.9 Å². The molecular weight excluding hydrogens is 662 g/mol. The van der Waals surface area contributed by atoms with Crippen molar-refractivity contribution >= 4 is 43.5 Å². The van der Waals surface area contributed by atoms with Crippen molar-refractivity contribution in [1.82, 2.24) is 10.2 Å². The first-order chi connectivity index (χ1) is 22.2. The molecule has 2 amide bonds. The molecular formula is C37H40BrN3O4S. The fraction of sp³-hybridized carbons (Fsp3) is 0.297. The van der Waals surface area contributed by atoms with E-state index in [4.69, 9.17) is 0 Å². The zero-order valence-corrected chi connectivity index (χ0v) is 28.4. The third-order valence-corrected chi connectivity index (χ3v) is 10.6. The second-order valence-corrected chi connectivity index (χ2v) is 14.6. The van der Waals surface area contributed by atoms with Crippen molar-refractivity contribution in [2.45, 2.75) is 69.0 Å². The van der Waals surface area contributed by atoms with Crippen LogP contribution in [0.3, 0.4) is 0 Å². The van der Waals surface area contributed by atoms with Crippen LogP contribution in [0.25, 0.3) is 0 Å². The summed E-state index contributed by atoms with van der Waals surface area (Å²) in [5.41, 5.74) is 2.97. The predicted octanol–water partition coefficient (Wildman–Crippen LogP) is 7.04. The van der Waals surface area contributed by atoms with E-state index in [9.17, 15) is 18.0 Å². The zero-order chi connectivity index (χ0) is 32.5. The van der Waals surface area contributed by atoms with Gasteiger partial charge in [-0.25, -0.2) is 8.42 Å². The Morgan fingerprint density at radius 2 is 1.48 bits per heavy atom. The van der Waals surface area contributed by atoms with Crippen LogP contribution in [-0.2, 0) is 32.6 Å². The molecule has 46 heavy (non-hydrogen) atoms. The number of hydrogen-bond acceptors (Lipinski definition) is 4. The third kappa shape index (κ3) is 8.65. The molecule has 240 valence electrons. The van der Waals surface area contributed by atoms with Gasteiger partial charge in [0.1, 0.15) is 12.6 Å². The van der Waals surface area contributed by atoms with Crippen molar-refractivity contribution in [2.24, 2.45) is 0 Å². The molecule has 0 spiro atoms. The van der Waals surface area contributed by atoms with Crippen molar-refractivity contribution < 1.29 is 18.0 Å². The summed E-state index contributed by atoms with van der Waals surface area (Å²) in [5.74, 6) is -0.701. The van der Waals surface area contributed by atoms with Gasteiger partial charge in [-0.3, -0.25) is 13.9 Å². The molecule has 1 N–H and O–H groups in total. The molecule has 4 aromatic rings. The minimum atomic E-state index is -4.13. The maximum atomic E-state index is 14.6. The number of nitrogens with zero attached hydrogens (tertiary/aromatic N) is 2. The number of benzene rings is 4. The van der Waals surface area contributed by atoms with E-state index < -0.39 is 28.5 Å². The first-order valence-electron chi connectivity index (χ1n) is 15.7. The van der Waals surface area contributed by atoms with E-state index >= 15 is 0 Å². The number of anilines is 1. The molecule has 1 saturated carbocycles. The molecule has 7 nitrogen and oxygen atoms in total. The summed E-state index contributed by atoms with van der Waals surface area (Å²) < 4.78 is 30.3. The van der Waals surface area contributed by atoms with Gasteiger partial charge in [0.05, 0.1) is 10.6 Å². The highest BCUT2D eigenvalue weighted by Crippen LogP contribution is 2.26. The van der Waals surface area contributed by atoms with E-state index in [1.165, 1.54) is 12.1 Å². The molecule has 0 saturated heterocycles. The van der Waals surface area contributed by atoms with Gasteiger partial charge in [-0.1, -0.05) is 108 Å². The maximum Gasteiger partial charge on any atom is 0.264 e. The Kier molecular flexibility index (Phi) is 11.3. The van der Waals surface area contributed by atoms with Gasteiger partial charge in [-0.05, 0) is 72.9 Å².